The topological polar surface area (TPSA) is 32.3 Å². The molecule has 2 atom stereocenters. The smallest absolute Gasteiger partial charge is 0.0441 e. The quantitative estimate of drug-likeness (QED) is 0.624. The molecule has 0 radical (unpaired) electrons. The van der Waals surface area contributed by atoms with E-state index < -0.39 is 0 Å². The van der Waals surface area contributed by atoms with E-state index >= 15 is 0 Å². The van der Waals surface area contributed by atoms with Gasteiger partial charge in [0.25, 0.3) is 0 Å². The summed E-state index contributed by atoms with van der Waals surface area (Å²) in [5.74, 6) is 1.17. The second kappa shape index (κ2) is 9.81. The van der Waals surface area contributed by atoms with Gasteiger partial charge in [0.2, 0.25) is 0 Å². The Morgan fingerprint density at radius 3 is 2.50 bits per heavy atom. The fraction of sp³-hybridized carbons (Fsp3) is 1.00. The third-order valence-electron chi connectivity index (χ3n) is 2.25. The predicted octanol–water partition coefficient (Wildman–Crippen LogP) is 2.27. The number of aliphatic hydroxyl groups excluding tert-OH is 1. The van der Waals surface area contributed by atoms with Crippen LogP contribution in [0.1, 0.15) is 40.0 Å². The Kier molecular flexibility index (Phi) is 10.0. The number of hydrogen-bond acceptors (Lipinski definition) is 3. The average molecular weight is 219 g/mol. The summed E-state index contributed by atoms with van der Waals surface area (Å²) in [5, 5.41) is 12.9. The van der Waals surface area contributed by atoms with Crippen molar-refractivity contribution in [3.05, 3.63) is 0 Å². The largest absolute Gasteiger partial charge is 0.396 e. The van der Waals surface area contributed by atoms with Crippen molar-refractivity contribution in [3.8, 4) is 0 Å². The maximum atomic E-state index is 8.78. The van der Waals surface area contributed by atoms with Gasteiger partial charge >= 0.3 is 0 Å². The van der Waals surface area contributed by atoms with E-state index in [1.807, 2.05) is 11.8 Å². The van der Waals surface area contributed by atoms with E-state index in [9.17, 15) is 0 Å². The minimum atomic E-state index is 0.313. The molecule has 0 aromatic heterocycles. The lowest BCUT2D eigenvalue weighted by Crippen LogP contribution is -2.31. The van der Waals surface area contributed by atoms with Gasteiger partial charge in [-0.1, -0.05) is 27.2 Å². The zero-order valence-corrected chi connectivity index (χ0v) is 10.6. The van der Waals surface area contributed by atoms with Gasteiger partial charge in [0.15, 0.2) is 0 Å². The summed E-state index contributed by atoms with van der Waals surface area (Å²) >= 11 is 1.97. The first-order valence-corrected chi connectivity index (χ1v) is 6.75. The minimum Gasteiger partial charge on any atom is -0.396 e. The second-order valence-electron chi connectivity index (χ2n) is 3.70. The SMILES string of the molecule is CCCC(CSC(C)CCO)NCC. The summed E-state index contributed by atoms with van der Waals surface area (Å²) in [6.45, 7) is 7.94. The maximum absolute atomic E-state index is 8.78. The molecule has 0 aromatic rings. The van der Waals surface area contributed by atoms with Crippen molar-refractivity contribution in [1.82, 2.24) is 5.32 Å². The highest BCUT2D eigenvalue weighted by Gasteiger charge is 2.08. The normalized spacial score (nSPS) is 15.4. The van der Waals surface area contributed by atoms with Gasteiger partial charge in [0, 0.05) is 23.7 Å². The van der Waals surface area contributed by atoms with Crippen LogP contribution in [0.3, 0.4) is 0 Å². The summed E-state index contributed by atoms with van der Waals surface area (Å²) in [5.41, 5.74) is 0. The van der Waals surface area contributed by atoms with E-state index in [0.717, 1.165) is 13.0 Å². The minimum absolute atomic E-state index is 0.313. The third-order valence-corrected chi connectivity index (χ3v) is 3.65. The van der Waals surface area contributed by atoms with Gasteiger partial charge in [0.1, 0.15) is 0 Å². The summed E-state index contributed by atoms with van der Waals surface area (Å²) in [4.78, 5) is 0. The Labute approximate surface area is 92.9 Å². The van der Waals surface area contributed by atoms with Crippen molar-refractivity contribution in [2.45, 2.75) is 51.3 Å². The maximum Gasteiger partial charge on any atom is 0.0441 e. The Morgan fingerprint density at radius 1 is 1.29 bits per heavy atom. The van der Waals surface area contributed by atoms with Crippen LogP contribution < -0.4 is 5.32 Å². The second-order valence-corrected chi connectivity index (χ2v) is 5.17. The summed E-state index contributed by atoms with van der Waals surface area (Å²) in [6, 6.07) is 0.649. The average Bonchev–Trinajstić information content (AvgIpc) is 2.15. The molecule has 86 valence electrons. The number of nitrogens with one attached hydrogen (secondary N) is 1. The van der Waals surface area contributed by atoms with Crippen LogP contribution in [0.4, 0.5) is 0 Å². The van der Waals surface area contributed by atoms with Crippen LogP contribution in [0.5, 0.6) is 0 Å². The van der Waals surface area contributed by atoms with Crippen LogP contribution >= 0.6 is 11.8 Å². The third kappa shape index (κ3) is 7.65. The molecular formula is C11H25NOS. The van der Waals surface area contributed by atoms with Crippen molar-refractivity contribution in [1.29, 1.82) is 0 Å². The van der Waals surface area contributed by atoms with E-state index in [1.165, 1.54) is 18.6 Å². The molecule has 0 aliphatic carbocycles. The molecule has 2 N–H and O–H groups in total. The molecule has 2 unspecified atom stereocenters. The Morgan fingerprint density at radius 2 is 2.00 bits per heavy atom. The molecule has 0 saturated heterocycles. The Balaban J connectivity index is 3.57. The lowest BCUT2D eigenvalue weighted by molar-refractivity contribution is 0.289. The molecule has 0 aliphatic rings. The highest BCUT2D eigenvalue weighted by Crippen LogP contribution is 2.16. The molecule has 0 aromatic carbocycles. The molecule has 0 aliphatic heterocycles. The van der Waals surface area contributed by atoms with E-state index in [1.54, 1.807) is 0 Å². The highest BCUT2D eigenvalue weighted by atomic mass is 32.2. The van der Waals surface area contributed by atoms with Gasteiger partial charge in [-0.15, -0.1) is 0 Å². The molecule has 2 nitrogen and oxygen atoms in total. The number of aliphatic hydroxyl groups is 1. The standard InChI is InChI=1S/C11H25NOS/c1-4-6-11(12-5-2)9-14-10(3)7-8-13/h10-13H,4-9H2,1-3H3. The predicted molar refractivity (Wildman–Crippen MR) is 66.0 cm³/mol. The van der Waals surface area contributed by atoms with Crippen molar-refractivity contribution in [2.75, 3.05) is 18.9 Å². The lowest BCUT2D eigenvalue weighted by atomic mass is 10.2. The summed E-state index contributed by atoms with van der Waals surface area (Å²) in [7, 11) is 0. The molecular weight excluding hydrogens is 194 g/mol. The van der Waals surface area contributed by atoms with Gasteiger partial charge in [0.05, 0.1) is 0 Å². The van der Waals surface area contributed by atoms with Crippen LogP contribution in [0.25, 0.3) is 0 Å². The van der Waals surface area contributed by atoms with E-state index in [0.29, 0.717) is 17.9 Å². The van der Waals surface area contributed by atoms with Gasteiger partial charge in [-0.25, -0.2) is 0 Å². The van der Waals surface area contributed by atoms with Crippen molar-refractivity contribution in [2.24, 2.45) is 0 Å². The number of hydrogen-bond donors (Lipinski definition) is 2. The fourth-order valence-electron chi connectivity index (χ4n) is 1.43. The zero-order chi connectivity index (χ0) is 10.8. The fourth-order valence-corrected chi connectivity index (χ4v) is 2.54. The van der Waals surface area contributed by atoms with E-state index in [4.69, 9.17) is 5.11 Å². The molecule has 14 heavy (non-hydrogen) atoms. The number of rotatable bonds is 9. The molecule has 0 fully saturated rings. The van der Waals surface area contributed by atoms with Crippen LogP contribution in [-0.2, 0) is 0 Å². The molecule has 0 bridgehead atoms. The highest BCUT2D eigenvalue weighted by molar-refractivity contribution is 7.99. The van der Waals surface area contributed by atoms with Gasteiger partial charge < -0.3 is 10.4 Å². The van der Waals surface area contributed by atoms with E-state index in [-0.39, 0.29) is 0 Å². The van der Waals surface area contributed by atoms with Gasteiger partial charge in [-0.05, 0) is 19.4 Å². The molecule has 0 amide bonds. The Bertz CT molecular complexity index is 116. The molecule has 0 rings (SSSR count). The zero-order valence-electron chi connectivity index (χ0n) is 9.75. The van der Waals surface area contributed by atoms with Gasteiger partial charge in [-0.3, -0.25) is 0 Å². The van der Waals surface area contributed by atoms with Crippen molar-refractivity contribution in [3.63, 3.8) is 0 Å². The first-order valence-electron chi connectivity index (χ1n) is 5.70. The first-order chi connectivity index (χ1) is 6.74. The Hall–Kier alpha value is 0.270. The van der Waals surface area contributed by atoms with Gasteiger partial charge in [-0.2, -0.15) is 11.8 Å². The lowest BCUT2D eigenvalue weighted by Gasteiger charge is -2.18. The monoisotopic (exact) mass is 219 g/mol. The first kappa shape index (κ1) is 14.3. The summed E-state index contributed by atoms with van der Waals surface area (Å²) < 4.78 is 0. The van der Waals surface area contributed by atoms with Crippen LogP contribution in [-0.4, -0.2) is 35.3 Å². The molecule has 3 heteroatoms. The summed E-state index contributed by atoms with van der Waals surface area (Å²) in [6.07, 6.45) is 3.41. The molecule has 0 saturated carbocycles. The van der Waals surface area contributed by atoms with Crippen LogP contribution in [0.15, 0.2) is 0 Å². The molecule has 0 heterocycles. The van der Waals surface area contributed by atoms with Crippen LogP contribution in [0.2, 0.25) is 0 Å². The number of thioether (sulfide) groups is 1. The van der Waals surface area contributed by atoms with Crippen LogP contribution in [0, 0.1) is 0 Å². The molecule has 0 spiro atoms. The van der Waals surface area contributed by atoms with Crippen molar-refractivity contribution >= 4 is 11.8 Å². The van der Waals surface area contributed by atoms with Crippen molar-refractivity contribution < 1.29 is 5.11 Å². The van der Waals surface area contributed by atoms with E-state index in [2.05, 4.69) is 26.1 Å².